The highest BCUT2D eigenvalue weighted by Crippen LogP contribution is 2.42. The molecule has 0 heterocycles. The fourth-order valence-electron chi connectivity index (χ4n) is 3.54. The zero-order valence-corrected chi connectivity index (χ0v) is 16.7. The van der Waals surface area contributed by atoms with Gasteiger partial charge in [-0.05, 0) is 28.8 Å². The SMILES string of the molecule is CC(C)[Si](Oc1cccc(C(=O)/C=C(\O)C(=O)O)c1)(C(C)C)C(C)C. The summed E-state index contributed by atoms with van der Waals surface area (Å²) in [5, 5.41) is 17.9. The summed E-state index contributed by atoms with van der Waals surface area (Å²) in [6, 6.07) is 6.70. The molecule has 0 aliphatic heterocycles. The summed E-state index contributed by atoms with van der Waals surface area (Å²) < 4.78 is 6.52. The van der Waals surface area contributed by atoms with Crippen molar-refractivity contribution in [1.82, 2.24) is 0 Å². The third-order valence-corrected chi connectivity index (χ3v) is 10.6. The van der Waals surface area contributed by atoms with Crippen LogP contribution in [0.2, 0.25) is 16.6 Å². The van der Waals surface area contributed by atoms with Crippen LogP contribution in [0.1, 0.15) is 51.9 Å². The van der Waals surface area contributed by atoms with Crippen molar-refractivity contribution < 1.29 is 24.2 Å². The first kappa shape index (κ1) is 21.0. The van der Waals surface area contributed by atoms with E-state index < -0.39 is 25.8 Å². The number of hydrogen-bond donors (Lipinski definition) is 2. The Morgan fingerprint density at radius 1 is 1.00 bits per heavy atom. The summed E-state index contributed by atoms with van der Waals surface area (Å²) >= 11 is 0. The smallest absolute Gasteiger partial charge is 0.371 e. The molecule has 0 aromatic heterocycles. The van der Waals surface area contributed by atoms with Gasteiger partial charge in [-0.2, -0.15) is 0 Å². The first-order valence-electron chi connectivity index (χ1n) is 8.49. The molecule has 0 bridgehead atoms. The number of carboxylic acid groups (broad SMARTS) is 1. The average molecular weight is 365 g/mol. The van der Waals surface area contributed by atoms with Gasteiger partial charge in [-0.15, -0.1) is 0 Å². The molecular weight excluding hydrogens is 336 g/mol. The topological polar surface area (TPSA) is 83.8 Å². The minimum absolute atomic E-state index is 0.282. The quantitative estimate of drug-likeness (QED) is 0.295. The van der Waals surface area contributed by atoms with Crippen molar-refractivity contribution in [3.63, 3.8) is 0 Å². The summed E-state index contributed by atoms with van der Waals surface area (Å²) in [5.74, 6) is -2.48. The second kappa shape index (κ2) is 8.34. The summed E-state index contributed by atoms with van der Waals surface area (Å²) in [7, 11) is -2.15. The lowest BCUT2D eigenvalue weighted by Crippen LogP contribution is -2.50. The third kappa shape index (κ3) is 4.72. The van der Waals surface area contributed by atoms with Crippen LogP contribution in [0.5, 0.6) is 5.75 Å². The average Bonchev–Trinajstić information content (AvgIpc) is 2.51. The molecule has 0 aliphatic rings. The monoisotopic (exact) mass is 364 g/mol. The van der Waals surface area contributed by atoms with Gasteiger partial charge in [-0.25, -0.2) is 4.79 Å². The van der Waals surface area contributed by atoms with E-state index in [1.807, 2.05) is 6.07 Å². The number of rotatable bonds is 8. The number of benzene rings is 1. The van der Waals surface area contributed by atoms with Crippen molar-refractivity contribution in [2.24, 2.45) is 0 Å². The Balaban J connectivity index is 3.22. The lowest BCUT2D eigenvalue weighted by Gasteiger charge is -2.42. The van der Waals surface area contributed by atoms with E-state index in [4.69, 9.17) is 9.53 Å². The van der Waals surface area contributed by atoms with Crippen LogP contribution in [-0.2, 0) is 4.79 Å². The van der Waals surface area contributed by atoms with E-state index in [2.05, 4.69) is 41.5 Å². The van der Waals surface area contributed by atoms with Gasteiger partial charge in [0.25, 0.3) is 8.32 Å². The highest BCUT2D eigenvalue weighted by Gasteiger charge is 2.47. The molecule has 2 N–H and O–H groups in total. The Bertz CT molecular complexity index is 640. The number of aliphatic hydroxyl groups excluding tert-OH is 1. The predicted molar refractivity (Wildman–Crippen MR) is 101 cm³/mol. The Hall–Kier alpha value is -2.08. The Morgan fingerprint density at radius 2 is 1.52 bits per heavy atom. The zero-order chi connectivity index (χ0) is 19.4. The summed E-state index contributed by atoms with van der Waals surface area (Å²) in [6.45, 7) is 13.1. The van der Waals surface area contributed by atoms with Crippen LogP contribution in [-0.4, -0.2) is 30.3 Å². The van der Waals surface area contributed by atoms with Crippen molar-refractivity contribution in [2.45, 2.75) is 58.2 Å². The molecule has 0 saturated heterocycles. The van der Waals surface area contributed by atoms with E-state index in [1.165, 1.54) is 0 Å². The maximum atomic E-state index is 12.1. The Kier molecular flexibility index (Phi) is 6.99. The van der Waals surface area contributed by atoms with E-state index in [-0.39, 0.29) is 5.56 Å². The second-order valence-corrected chi connectivity index (χ2v) is 12.5. The Morgan fingerprint density at radius 3 is 1.96 bits per heavy atom. The first-order valence-corrected chi connectivity index (χ1v) is 10.6. The second-order valence-electron chi connectivity index (χ2n) is 7.15. The van der Waals surface area contributed by atoms with Gasteiger partial charge in [0.05, 0.1) is 0 Å². The van der Waals surface area contributed by atoms with Gasteiger partial charge < -0.3 is 14.6 Å². The number of hydrogen-bond acceptors (Lipinski definition) is 4. The van der Waals surface area contributed by atoms with Gasteiger partial charge in [-0.3, -0.25) is 4.79 Å². The van der Waals surface area contributed by atoms with Gasteiger partial charge in [0.2, 0.25) is 5.76 Å². The Labute approximate surface area is 150 Å². The highest BCUT2D eigenvalue weighted by molar-refractivity contribution is 6.78. The number of carboxylic acids is 1. The normalized spacial score (nSPS) is 12.8. The lowest BCUT2D eigenvalue weighted by atomic mass is 10.1. The predicted octanol–water partition coefficient (Wildman–Crippen LogP) is 4.95. The molecule has 6 heteroatoms. The van der Waals surface area contributed by atoms with Gasteiger partial charge in [-0.1, -0.05) is 53.7 Å². The van der Waals surface area contributed by atoms with Crippen LogP contribution >= 0.6 is 0 Å². The van der Waals surface area contributed by atoms with E-state index in [9.17, 15) is 14.7 Å². The summed E-state index contributed by atoms with van der Waals surface area (Å²) in [4.78, 5) is 22.8. The first-order chi connectivity index (χ1) is 11.5. The van der Waals surface area contributed by atoms with Crippen LogP contribution in [0.3, 0.4) is 0 Å². The third-order valence-electron chi connectivity index (χ3n) is 4.61. The molecule has 25 heavy (non-hydrogen) atoms. The fourth-order valence-corrected chi connectivity index (χ4v) is 8.78. The number of carbonyl (C=O) groups is 2. The number of allylic oxidation sites excluding steroid dienone is 1. The van der Waals surface area contributed by atoms with Gasteiger partial charge in [0, 0.05) is 11.6 Å². The molecule has 0 aliphatic carbocycles. The molecule has 0 radical (unpaired) electrons. The molecule has 0 amide bonds. The molecule has 1 aromatic carbocycles. The van der Waals surface area contributed by atoms with E-state index >= 15 is 0 Å². The molecule has 5 nitrogen and oxygen atoms in total. The largest absolute Gasteiger partial charge is 0.543 e. The van der Waals surface area contributed by atoms with E-state index in [0.717, 1.165) is 0 Å². The highest BCUT2D eigenvalue weighted by atomic mass is 28.4. The lowest BCUT2D eigenvalue weighted by molar-refractivity contribution is -0.135. The van der Waals surface area contributed by atoms with Gasteiger partial charge in [0.15, 0.2) is 5.78 Å². The molecule has 0 saturated carbocycles. The molecule has 0 spiro atoms. The minimum Gasteiger partial charge on any atom is -0.543 e. The van der Waals surface area contributed by atoms with Crippen LogP contribution in [0.25, 0.3) is 0 Å². The summed E-state index contributed by atoms with van der Waals surface area (Å²) in [6.07, 6.45) is 0.708. The van der Waals surface area contributed by atoms with Crippen LogP contribution in [0, 0.1) is 0 Å². The number of aliphatic carboxylic acids is 1. The van der Waals surface area contributed by atoms with Crippen LogP contribution < -0.4 is 4.43 Å². The fraction of sp³-hybridized carbons (Fsp3) is 0.474. The maximum Gasteiger partial charge on any atom is 0.371 e. The number of carbonyl (C=O) groups excluding carboxylic acids is 1. The van der Waals surface area contributed by atoms with Crippen molar-refractivity contribution in [2.75, 3.05) is 0 Å². The summed E-state index contributed by atoms with van der Waals surface area (Å²) in [5.41, 5.74) is 1.46. The zero-order valence-electron chi connectivity index (χ0n) is 15.7. The van der Waals surface area contributed by atoms with Crippen molar-refractivity contribution in [3.8, 4) is 5.75 Å². The van der Waals surface area contributed by atoms with Gasteiger partial charge in [0.1, 0.15) is 5.75 Å². The van der Waals surface area contributed by atoms with E-state index in [0.29, 0.717) is 28.4 Å². The molecule has 1 aromatic rings. The molecule has 1 rings (SSSR count). The number of aliphatic hydroxyl groups is 1. The van der Waals surface area contributed by atoms with Crippen LogP contribution in [0.15, 0.2) is 36.1 Å². The van der Waals surface area contributed by atoms with Crippen molar-refractivity contribution in [3.05, 3.63) is 41.7 Å². The molecule has 0 unspecified atom stereocenters. The van der Waals surface area contributed by atoms with Crippen molar-refractivity contribution in [1.29, 1.82) is 0 Å². The van der Waals surface area contributed by atoms with Crippen molar-refractivity contribution >= 4 is 20.1 Å². The maximum absolute atomic E-state index is 12.1. The standard InChI is InChI=1S/C19H28O5Si/c1-12(2)25(13(3)4,14(5)6)24-16-9-7-8-15(10-16)17(20)11-18(21)19(22)23/h7-14,21H,1-6H3,(H,22,23)/b18-11-. The number of ketones is 1. The molecule has 0 atom stereocenters. The molecule has 0 fully saturated rings. The molecular formula is C19H28O5Si. The van der Waals surface area contributed by atoms with Crippen LogP contribution in [0.4, 0.5) is 0 Å². The minimum atomic E-state index is -2.15. The molecule has 138 valence electrons. The van der Waals surface area contributed by atoms with Gasteiger partial charge >= 0.3 is 5.97 Å². The van der Waals surface area contributed by atoms with E-state index in [1.54, 1.807) is 18.2 Å².